The Balaban J connectivity index is 1.49. The average molecular weight is 445 g/mol. The summed E-state index contributed by atoms with van der Waals surface area (Å²) in [6.07, 6.45) is 3.38. The second-order valence-corrected chi connectivity index (χ2v) is 8.89. The van der Waals surface area contributed by atoms with Crippen molar-refractivity contribution < 1.29 is 4.79 Å². The summed E-state index contributed by atoms with van der Waals surface area (Å²) in [7, 11) is 0. The van der Waals surface area contributed by atoms with Gasteiger partial charge in [-0.2, -0.15) is 4.98 Å². The van der Waals surface area contributed by atoms with E-state index in [-0.39, 0.29) is 18.0 Å². The van der Waals surface area contributed by atoms with Gasteiger partial charge in [0.25, 0.3) is 5.56 Å². The van der Waals surface area contributed by atoms with Gasteiger partial charge in [0.15, 0.2) is 10.8 Å². The van der Waals surface area contributed by atoms with Crippen LogP contribution in [0.3, 0.4) is 0 Å². The number of aromatic nitrogens is 3. The molecule has 0 saturated carbocycles. The van der Waals surface area contributed by atoms with Crippen LogP contribution in [0.4, 0.5) is 10.8 Å². The lowest BCUT2D eigenvalue weighted by Gasteiger charge is -2.33. The molecular formula is C20H24N6O2S2. The van der Waals surface area contributed by atoms with Gasteiger partial charge in [-0.25, -0.2) is 4.98 Å². The zero-order valence-corrected chi connectivity index (χ0v) is 18.6. The molecular weight excluding hydrogens is 420 g/mol. The van der Waals surface area contributed by atoms with Gasteiger partial charge in [-0.3, -0.25) is 14.2 Å². The molecule has 1 N–H and O–H groups in total. The summed E-state index contributed by atoms with van der Waals surface area (Å²) >= 11 is 2.96. The molecule has 1 aliphatic heterocycles. The van der Waals surface area contributed by atoms with Crippen molar-refractivity contribution in [2.24, 2.45) is 0 Å². The Morgan fingerprint density at radius 3 is 2.80 bits per heavy atom. The highest BCUT2D eigenvalue weighted by molar-refractivity contribution is 7.98. The number of thioether (sulfide) groups is 1. The minimum Gasteiger partial charge on any atom is -0.345 e. The van der Waals surface area contributed by atoms with Crippen LogP contribution in [-0.2, 0) is 11.3 Å². The van der Waals surface area contributed by atoms with Crippen molar-refractivity contribution in [3.63, 3.8) is 0 Å². The molecule has 1 aromatic carbocycles. The van der Waals surface area contributed by atoms with Crippen LogP contribution in [0.15, 0.2) is 40.3 Å². The first-order valence-corrected chi connectivity index (χ1v) is 11.9. The molecule has 1 saturated heterocycles. The summed E-state index contributed by atoms with van der Waals surface area (Å²) in [6, 6.07) is 7.60. The quantitative estimate of drug-likeness (QED) is 0.585. The number of nitrogens with one attached hydrogen (secondary N) is 1. The highest BCUT2D eigenvalue weighted by Crippen LogP contribution is 2.26. The SMILES string of the molecule is CCN1CCN(c2nc3ncn(CC(=O)Nc4cccc(SC)c4)c(=O)c3s2)CC1. The maximum atomic E-state index is 12.9. The van der Waals surface area contributed by atoms with Crippen LogP contribution >= 0.6 is 23.1 Å². The van der Waals surface area contributed by atoms with Crippen LogP contribution in [0.25, 0.3) is 10.3 Å². The van der Waals surface area contributed by atoms with Crippen LogP contribution in [0.2, 0.25) is 0 Å². The lowest BCUT2D eigenvalue weighted by atomic mass is 10.3. The first-order valence-electron chi connectivity index (χ1n) is 9.84. The maximum Gasteiger partial charge on any atom is 0.273 e. The van der Waals surface area contributed by atoms with E-state index in [1.54, 1.807) is 11.8 Å². The highest BCUT2D eigenvalue weighted by Gasteiger charge is 2.20. The second kappa shape index (κ2) is 9.15. The monoisotopic (exact) mass is 444 g/mol. The molecule has 1 aliphatic rings. The molecule has 4 rings (SSSR count). The van der Waals surface area contributed by atoms with E-state index in [0.29, 0.717) is 16.0 Å². The largest absolute Gasteiger partial charge is 0.345 e. The average Bonchev–Trinajstić information content (AvgIpc) is 3.21. The second-order valence-electron chi connectivity index (χ2n) is 7.03. The summed E-state index contributed by atoms with van der Waals surface area (Å²) in [5, 5.41) is 3.66. The Kier molecular flexibility index (Phi) is 6.35. The third-order valence-corrected chi connectivity index (χ3v) is 6.95. The van der Waals surface area contributed by atoms with Crippen LogP contribution in [-0.4, -0.2) is 64.3 Å². The van der Waals surface area contributed by atoms with Crippen LogP contribution < -0.4 is 15.8 Å². The maximum absolute atomic E-state index is 12.9. The van der Waals surface area contributed by atoms with Crippen molar-refractivity contribution in [2.45, 2.75) is 18.4 Å². The number of carbonyl (C=O) groups is 1. The van der Waals surface area contributed by atoms with Gasteiger partial charge in [0.05, 0.1) is 0 Å². The molecule has 30 heavy (non-hydrogen) atoms. The lowest BCUT2D eigenvalue weighted by Crippen LogP contribution is -2.46. The van der Waals surface area contributed by atoms with E-state index in [1.165, 1.54) is 22.2 Å². The number of piperazine rings is 1. The number of rotatable bonds is 6. The van der Waals surface area contributed by atoms with Crippen LogP contribution in [0.1, 0.15) is 6.92 Å². The number of carbonyl (C=O) groups excluding carboxylic acids is 1. The molecule has 2 aromatic heterocycles. The van der Waals surface area contributed by atoms with Gasteiger partial charge in [0.2, 0.25) is 5.91 Å². The van der Waals surface area contributed by atoms with Gasteiger partial charge in [0, 0.05) is 36.8 Å². The van der Waals surface area contributed by atoms with E-state index in [1.807, 2.05) is 30.5 Å². The standard InChI is InChI=1S/C20H24N6O2S2/c1-3-24-7-9-25(10-8-24)20-23-18-17(30-20)19(28)26(13-21-18)12-16(27)22-14-5-4-6-15(11-14)29-2/h4-6,11,13H,3,7-10,12H2,1-2H3,(H,22,27). The molecule has 0 bridgehead atoms. The molecule has 1 fully saturated rings. The number of hydrogen-bond acceptors (Lipinski definition) is 8. The molecule has 0 aliphatic carbocycles. The molecule has 3 heterocycles. The van der Waals surface area contributed by atoms with Crippen molar-refractivity contribution in [1.82, 2.24) is 19.4 Å². The lowest BCUT2D eigenvalue weighted by molar-refractivity contribution is -0.116. The predicted octanol–water partition coefficient (Wildman–Crippen LogP) is 2.36. The number of amides is 1. The van der Waals surface area contributed by atoms with E-state index in [2.05, 4.69) is 32.0 Å². The Morgan fingerprint density at radius 1 is 1.27 bits per heavy atom. The summed E-state index contributed by atoms with van der Waals surface area (Å²) < 4.78 is 1.83. The molecule has 10 heteroatoms. The Hall–Kier alpha value is -2.43. The normalized spacial score (nSPS) is 14.9. The minimum absolute atomic E-state index is 0.0896. The fourth-order valence-electron chi connectivity index (χ4n) is 3.39. The van der Waals surface area contributed by atoms with Crippen molar-refractivity contribution in [3.05, 3.63) is 40.9 Å². The molecule has 0 unspecified atom stereocenters. The molecule has 0 atom stereocenters. The van der Waals surface area contributed by atoms with Gasteiger partial charge in [-0.05, 0) is 31.0 Å². The molecule has 0 radical (unpaired) electrons. The van der Waals surface area contributed by atoms with Crippen LogP contribution in [0, 0.1) is 0 Å². The number of thiazole rings is 1. The van der Waals surface area contributed by atoms with E-state index >= 15 is 0 Å². The molecule has 8 nitrogen and oxygen atoms in total. The summed E-state index contributed by atoms with van der Waals surface area (Å²) in [5.41, 5.74) is 0.923. The highest BCUT2D eigenvalue weighted by atomic mass is 32.2. The summed E-state index contributed by atoms with van der Waals surface area (Å²) in [5.74, 6) is -0.267. The zero-order valence-electron chi connectivity index (χ0n) is 17.0. The summed E-state index contributed by atoms with van der Waals surface area (Å²) in [4.78, 5) is 39.9. The van der Waals surface area contributed by atoms with Crippen molar-refractivity contribution in [1.29, 1.82) is 0 Å². The van der Waals surface area contributed by atoms with Gasteiger partial charge >= 0.3 is 0 Å². The topological polar surface area (TPSA) is 83.4 Å². The zero-order chi connectivity index (χ0) is 21.1. The molecule has 158 valence electrons. The summed E-state index contributed by atoms with van der Waals surface area (Å²) in [6.45, 7) is 6.87. The number of anilines is 2. The number of likely N-dealkylation sites (N-methyl/N-ethyl adjacent to an activating group) is 1. The Bertz CT molecular complexity index is 1100. The van der Waals surface area contributed by atoms with E-state index < -0.39 is 0 Å². The number of fused-ring (bicyclic) bond motifs is 1. The van der Waals surface area contributed by atoms with Crippen molar-refractivity contribution in [2.75, 3.05) is 49.2 Å². The fraction of sp³-hybridized carbons (Fsp3) is 0.400. The van der Waals surface area contributed by atoms with E-state index in [0.717, 1.165) is 42.8 Å². The van der Waals surface area contributed by atoms with E-state index in [4.69, 9.17) is 0 Å². The number of benzene rings is 1. The Labute approximate surface area is 182 Å². The Morgan fingerprint density at radius 2 is 2.07 bits per heavy atom. The van der Waals surface area contributed by atoms with Crippen LogP contribution in [0.5, 0.6) is 0 Å². The van der Waals surface area contributed by atoms with Crippen molar-refractivity contribution >= 4 is 50.2 Å². The third-order valence-electron chi connectivity index (χ3n) is 5.13. The number of nitrogens with zero attached hydrogens (tertiary/aromatic N) is 5. The number of hydrogen-bond donors (Lipinski definition) is 1. The van der Waals surface area contributed by atoms with Gasteiger partial charge in [-0.15, -0.1) is 11.8 Å². The minimum atomic E-state index is -0.267. The van der Waals surface area contributed by atoms with Gasteiger partial charge < -0.3 is 15.1 Å². The van der Waals surface area contributed by atoms with E-state index in [9.17, 15) is 9.59 Å². The van der Waals surface area contributed by atoms with Crippen molar-refractivity contribution in [3.8, 4) is 0 Å². The smallest absolute Gasteiger partial charge is 0.273 e. The fourth-order valence-corrected chi connectivity index (χ4v) is 4.87. The van der Waals surface area contributed by atoms with Gasteiger partial charge in [-0.1, -0.05) is 24.3 Å². The molecule has 0 spiro atoms. The first kappa shape index (κ1) is 20.8. The molecule has 3 aromatic rings. The predicted molar refractivity (Wildman–Crippen MR) is 123 cm³/mol. The molecule has 1 amide bonds. The third kappa shape index (κ3) is 4.50. The van der Waals surface area contributed by atoms with Gasteiger partial charge in [0.1, 0.15) is 17.6 Å². The first-order chi connectivity index (χ1) is 14.6.